The van der Waals surface area contributed by atoms with E-state index < -0.39 is 0 Å². The summed E-state index contributed by atoms with van der Waals surface area (Å²) in [4.78, 5) is 0. The molecule has 0 aliphatic heterocycles. The molecule has 0 aliphatic carbocycles. The van der Waals surface area contributed by atoms with Crippen LogP contribution in [0.3, 0.4) is 0 Å². The molecule has 0 unspecified atom stereocenters. The lowest BCUT2D eigenvalue weighted by atomic mass is 10.2. The van der Waals surface area contributed by atoms with Gasteiger partial charge in [-0.05, 0) is 32.0 Å². The van der Waals surface area contributed by atoms with Crippen LogP contribution in [0.25, 0.3) is 0 Å². The molecule has 0 fully saturated rings. The predicted molar refractivity (Wildman–Crippen MR) is 59.2 cm³/mol. The van der Waals surface area contributed by atoms with Crippen LogP contribution in [-0.2, 0) is 6.54 Å². The Morgan fingerprint density at radius 2 is 2.07 bits per heavy atom. The zero-order valence-electron chi connectivity index (χ0n) is 9.08. The summed E-state index contributed by atoms with van der Waals surface area (Å²) < 4.78 is 1.98. The van der Waals surface area contributed by atoms with E-state index in [0.29, 0.717) is 0 Å². The summed E-state index contributed by atoms with van der Waals surface area (Å²) in [5, 5.41) is 7.59. The zero-order chi connectivity index (χ0) is 10.1. The van der Waals surface area contributed by atoms with Crippen molar-refractivity contribution in [2.45, 2.75) is 39.2 Å². The quantitative estimate of drug-likeness (QED) is 0.643. The van der Waals surface area contributed by atoms with Crippen LogP contribution < -0.4 is 5.32 Å². The zero-order valence-corrected chi connectivity index (χ0v) is 9.08. The smallest absolute Gasteiger partial charge is 0.0489 e. The van der Waals surface area contributed by atoms with Crippen molar-refractivity contribution in [2.24, 2.45) is 0 Å². The van der Waals surface area contributed by atoms with Gasteiger partial charge in [-0.3, -0.25) is 4.68 Å². The van der Waals surface area contributed by atoms with Crippen LogP contribution in [0.1, 0.15) is 32.6 Å². The molecule has 3 nitrogen and oxygen atoms in total. The summed E-state index contributed by atoms with van der Waals surface area (Å²) >= 11 is 0. The third-order valence-electron chi connectivity index (χ3n) is 2.26. The first-order valence-corrected chi connectivity index (χ1v) is 5.61. The summed E-state index contributed by atoms with van der Waals surface area (Å²) in [5.74, 6) is 0. The van der Waals surface area contributed by atoms with Gasteiger partial charge in [0.05, 0.1) is 0 Å². The highest BCUT2D eigenvalue weighted by atomic mass is 15.3. The second-order valence-corrected chi connectivity index (χ2v) is 3.58. The van der Waals surface area contributed by atoms with E-state index in [-0.39, 0.29) is 0 Å². The van der Waals surface area contributed by atoms with Gasteiger partial charge in [0.25, 0.3) is 0 Å². The number of nitrogens with zero attached hydrogens (tertiary/aromatic N) is 2. The van der Waals surface area contributed by atoms with Gasteiger partial charge in [0.2, 0.25) is 0 Å². The Balaban J connectivity index is 1.85. The SMILES string of the molecule is CCCCCNCCCn1cccn1. The van der Waals surface area contributed by atoms with Crippen LogP contribution in [-0.4, -0.2) is 22.9 Å². The molecule has 1 aromatic heterocycles. The highest BCUT2D eigenvalue weighted by Gasteiger charge is 1.90. The molecular weight excluding hydrogens is 174 g/mol. The molecule has 0 aromatic carbocycles. The van der Waals surface area contributed by atoms with Crippen LogP contribution in [0.2, 0.25) is 0 Å². The maximum Gasteiger partial charge on any atom is 0.0489 e. The summed E-state index contributed by atoms with van der Waals surface area (Å²) in [6, 6.07) is 1.97. The second kappa shape index (κ2) is 7.56. The Hall–Kier alpha value is -0.830. The normalized spacial score (nSPS) is 10.6. The summed E-state index contributed by atoms with van der Waals surface area (Å²) in [6.45, 7) is 5.52. The molecule has 0 bridgehead atoms. The van der Waals surface area contributed by atoms with Crippen molar-refractivity contribution >= 4 is 0 Å². The maximum absolute atomic E-state index is 4.15. The Morgan fingerprint density at radius 3 is 2.79 bits per heavy atom. The van der Waals surface area contributed by atoms with E-state index in [1.807, 2.05) is 23.1 Å². The van der Waals surface area contributed by atoms with Gasteiger partial charge in [0.1, 0.15) is 0 Å². The van der Waals surface area contributed by atoms with Crippen molar-refractivity contribution in [3.8, 4) is 0 Å². The summed E-state index contributed by atoms with van der Waals surface area (Å²) in [6.07, 6.45) is 8.94. The van der Waals surface area contributed by atoms with Gasteiger partial charge < -0.3 is 5.32 Å². The molecule has 1 rings (SSSR count). The number of aryl methyl sites for hydroxylation is 1. The molecule has 0 radical (unpaired) electrons. The molecular formula is C11H21N3. The average molecular weight is 195 g/mol. The molecule has 14 heavy (non-hydrogen) atoms. The molecule has 3 heteroatoms. The van der Waals surface area contributed by atoms with E-state index >= 15 is 0 Å². The van der Waals surface area contributed by atoms with Crippen molar-refractivity contribution in [2.75, 3.05) is 13.1 Å². The van der Waals surface area contributed by atoms with Gasteiger partial charge in [0.15, 0.2) is 0 Å². The van der Waals surface area contributed by atoms with Gasteiger partial charge >= 0.3 is 0 Å². The van der Waals surface area contributed by atoms with Crippen LogP contribution in [0.4, 0.5) is 0 Å². The largest absolute Gasteiger partial charge is 0.317 e. The second-order valence-electron chi connectivity index (χ2n) is 3.58. The Bertz CT molecular complexity index is 206. The maximum atomic E-state index is 4.15. The highest BCUT2D eigenvalue weighted by molar-refractivity contribution is 4.77. The molecule has 0 saturated heterocycles. The van der Waals surface area contributed by atoms with E-state index in [4.69, 9.17) is 0 Å². The standard InChI is InChI=1S/C11H21N3/c1-2-3-4-7-12-8-5-10-14-11-6-9-13-14/h6,9,11-12H,2-5,7-8,10H2,1H3. The predicted octanol–water partition coefficient (Wildman–Crippen LogP) is 2.05. The fourth-order valence-corrected chi connectivity index (χ4v) is 1.42. The minimum Gasteiger partial charge on any atom is -0.317 e. The van der Waals surface area contributed by atoms with Gasteiger partial charge in [0, 0.05) is 18.9 Å². The molecule has 1 N–H and O–H groups in total. The van der Waals surface area contributed by atoms with Crippen LogP contribution in [0.15, 0.2) is 18.5 Å². The number of aromatic nitrogens is 2. The Morgan fingerprint density at radius 1 is 1.21 bits per heavy atom. The van der Waals surface area contributed by atoms with Gasteiger partial charge in [-0.15, -0.1) is 0 Å². The molecule has 1 aromatic rings. The first-order valence-electron chi connectivity index (χ1n) is 5.61. The number of rotatable bonds is 8. The van der Waals surface area contributed by atoms with Crippen molar-refractivity contribution < 1.29 is 0 Å². The van der Waals surface area contributed by atoms with Crippen LogP contribution in [0.5, 0.6) is 0 Å². The van der Waals surface area contributed by atoms with E-state index in [1.54, 1.807) is 0 Å². The van der Waals surface area contributed by atoms with Gasteiger partial charge in [-0.25, -0.2) is 0 Å². The fraction of sp³-hybridized carbons (Fsp3) is 0.727. The van der Waals surface area contributed by atoms with Crippen molar-refractivity contribution in [1.29, 1.82) is 0 Å². The number of hydrogen-bond donors (Lipinski definition) is 1. The number of unbranched alkanes of at least 4 members (excludes halogenated alkanes) is 2. The van der Waals surface area contributed by atoms with Crippen molar-refractivity contribution in [1.82, 2.24) is 15.1 Å². The average Bonchev–Trinajstić information content (AvgIpc) is 2.69. The number of nitrogens with one attached hydrogen (secondary N) is 1. The van der Waals surface area contributed by atoms with Crippen molar-refractivity contribution in [3.63, 3.8) is 0 Å². The lowest BCUT2D eigenvalue weighted by molar-refractivity contribution is 0.533. The minimum atomic E-state index is 1.02. The van der Waals surface area contributed by atoms with Gasteiger partial charge in [-0.2, -0.15) is 5.10 Å². The topological polar surface area (TPSA) is 29.9 Å². The van der Waals surface area contributed by atoms with E-state index in [2.05, 4.69) is 17.3 Å². The third kappa shape index (κ3) is 5.02. The first-order chi connectivity index (χ1) is 6.93. The van der Waals surface area contributed by atoms with Crippen LogP contribution in [0, 0.1) is 0 Å². The van der Waals surface area contributed by atoms with E-state index in [9.17, 15) is 0 Å². The fourth-order valence-electron chi connectivity index (χ4n) is 1.42. The monoisotopic (exact) mass is 195 g/mol. The molecule has 0 atom stereocenters. The lowest BCUT2D eigenvalue weighted by Gasteiger charge is -2.04. The van der Waals surface area contributed by atoms with Crippen LogP contribution >= 0.6 is 0 Å². The molecule has 0 spiro atoms. The molecule has 1 heterocycles. The highest BCUT2D eigenvalue weighted by Crippen LogP contribution is 1.92. The summed E-state index contributed by atoms with van der Waals surface area (Å²) in [7, 11) is 0. The molecule has 0 amide bonds. The first kappa shape index (κ1) is 11.2. The Kier molecular flexibility index (Phi) is 6.07. The van der Waals surface area contributed by atoms with Crippen molar-refractivity contribution in [3.05, 3.63) is 18.5 Å². The van der Waals surface area contributed by atoms with E-state index in [0.717, 1.165) is 26.1 Å². The van der Waals surface area contributed by atoms with E-state index in [1.165, 1.54) is 19.3 Å². The molecule has 0 aliphatic rings. The minimum absolute atomic E-state index is 1.02. The lowest BCUT2D eigenvalue weighted by Crippen LogP contribution is -2.18. The molecule has 80 valence electrons. The molecule has 0 saturated carbocycles. The summed E-state index contributed by atoms with van der Waals surface area (Å²) in [5.41, 5.74) is 0. The Labute approximate surface area is 86.5 Å². The van der Waals surface area contributed by atoms with Gasteiger partial charge in [-0.1, -0.05) is 19.8 Å². The third-order valence-corrected chi connectivity index (χ3v) is 2.26. The number of hydrogen-bond acceptors (Lipinski definition) is 2.